The summed E-state index contributed by atoms with van der Waals surface area (Å²) in [5.74, 6) is 0.180. The minimum absolute atomic E-state index is 0.157. The maximum atomic E-state index is 12.3. The number of hydrogen-bond donors (Lipinski definition) is 2. The van der Waals surface area contributed by atoms with E-state index in [0.717, 1.165) is 0 Å². The highest BCUT2D eigenvalue weighted by molar-refractivity contribution is 7.88. The van der Waals surface area contributed by atoms with Crippen LogP contribution in [0.2, 0.25) is 0 Å². The molecule has 1 unspecified atom stereocenters. The van der Waals surface area contributed by atoms with Gasteiger partial charge in [0, 0.05) is 12.1 Å². The molecule has 0 fully saturated rings. The average Bonchev–Trinajstić information content (AvgIpc) is 2.36. The van der Waals surface area contributed by atoms with Gasteiger partial charge in [-0.15, -0.1) is 0 Å². The van der Waals surface area contributed by atoms with Crippen LogP contribution < -0.4 is 10.5 Å². The second-order valence-corrected chi connectivity index (χ2v) is 7.76. The van der Waals surface area contributed by atoms with Crippen molar-refractivity contribution in [1.82, 2.24) is 4.72 Å². The number of nitrogens with one attached hydrogen (secondary N) is 1. The number of rotatable bonds is 7. The Labute approximate surface area is 127 Å². The molecular weight excluding hydrogens is 286 g/mol. The fraction of sp³-hybridized carbons (Fsp3) is 0.533. The third-order valence-corrected chi connectivity index (χ3v) is 4.64. The number of benzene rings is 1. The van der Waals surface area contributed by atoms with E-state index in [4.69, 9.17) is 11.0 Å². The topological polar surface area (TPSA) is 96.0 Å². The van der Waals surface area contributed by atoms with Crippen molar-refractivity contribution in [3.63, 3.8) is 0 Å². The van der Waals surface area contributed by atoms with E-state index in [1.165, 1.54) is 0 Å². The second-order valence-electron chi connectivity index (χ2n) is 6.04. The van der Waals surface area contributed by atoms with Crippen LogP contribution in [0.15, 0.2) is 24.3 Å². The summed E-state index contributed by atoms with van der Waals surface area (Å²) >= 11 is 0. The third kappa shape index (κ3) is 5.84. The molecule has 5 nitrogen and oxygen atoms in total. The molecule has 116 valence electrons. The molecule has 1 atom stereocenters. The maximum absolute atomic E-state index is 12.3. The maximum Gasteiger partial charge on any atom is 0.216 e. The van der Waals surface area contributed by atoms with E-state index >= 15 is 0 Å². The van der Waals surface area contributed by atoms with E-state index in [2.05, 4.69) is 4.72 Å². The Bertz CT molecular complexity index is 620. The molecule has 1 aromatic carbocycles. The summed E-state index contributed by atoms with van der Waals surface area (Å²) in [6.45, 7) is 6.11. The van der Waals surface area contributed by atoms with E-state index < -0.39 is 15.6 Å². The summed E-state index contributed by atoms with van der Waals surface area (Å²) in [5.41, 5.74) is 6.12. The highest BCUT2D eigenvalue weighted by Crippen LogP contribution is 2.18. The predicted molar refractivity (Wildman–Crippen MR) is 83.8 cm³/mol. The lowest BCUT2D eigenvalue weighted by Gasteiger charge is -2.30. The Hall–Kier alpha value is -1.42. The van der Waals surface area contributed by atoms with Gasteiger partial charge in [-0.25, -0.2) is 13.1 Å². The standard InChI is InChI=1S/C15H23N3O2S/c1-12(2)8-15(3,11-17)18-21(19,20)10-14-6-4-5-13(7-14)9-16/h4-7,12,18H,8,10-11,17H2,1-3H3. The van der Waals surface area contributed by atoms with E-state index in [-0.39, 0.29) is 12.3 Å². The Morgan fingerprint density at radius 3 is 2.62 bits per heavy atom. The molecule has 0 aliphatic heterocycles. The van der Waals surface area contributed by atoms with Crippen LogP contribution in [-0.2, 0) is 15.8 Å². The normalized spacial score (nSPS) is 14.7. The van der Waals surface area contributed by atoms with Crippen LogP contribution in [0.25, 0.3) is 0 Å². The first-order valence-electron chi connectivity index (χ1n) is 6.90. The smallest absolute Gasteiger partial charge is 0.216 e. The van der Waals surface area contributed by atoms with Gasteiger partial charge in [0.05, 0.1) is 17.4 Å². The van der Waals surface area contributed by atoms with Crippen LogP contribution in [0.5, 0.6) is 0 Å². The molecule has 0 amide bonds. The number of sulfonamides is 1. The molecule has 1 aromatic rings. The van der Waals surface area contributed by atoms with Crippen molar-refractivity contribution in [2.45, 2.75) is 38.5 Å². The second kappa shape index (κ2) is 7.03. The van der Waals surface area contributed by atoms with Gasteiger partial charge in [-0.2, -0.15) is 5.26 Å². The third-order valence-electron chi connectivity index (χ3n) is 3.12. The van der Waals surface area contributed by atoms with Gasteiger partial charge in [0.15, 0.2) is 0 Å². The van der Waals surface area contributed by atoms with Crippen molar-refractivity contribution >= 4 is 10.0 Å². The first-order chi connectivity index (χ1) is 9.69. The Morgan fingerprint density at radius 1 is 1.43 bits per heavy atom. The fourth-order valence-corrected chi connectivity index (χ4v) is 4.04. The predicted octanol–water partition coefficient (Wildman–Crippen LogP) is 1.74. The van der Waals surface area contributed by atoms with Crippen LogP contribution in [0.3, 0.4) is 0 Å². The number of nitrogens with two attached hydrogens (primary N) is 1. The summed E-state index contributed by atoms with van der Waals surface area (Å²) in [7, 11) is -3.51. The van der Waals surface area contributed by atoms with Gasteiger partial charge in [-0.3, -0.25) is 0 Å². The molecule has 0 spiro atoms. The van der Waals surface area contributed by atoms with Gasteiger partial charge in [-0.1, -0.05) is 26.0 Å². The molecule has 3 N–H and O–H groups in total. The van der Waals surface area contributed by atoms with Crippen molar-refractivity contribution in [1.29, 1.82) is 5.26 Å². The number of nitriles is 1. The van der Waals surface area contributed by atoms with Gasteiger partial charge in [0.2, 0.25) is 10.0 Å². The van der Waals surface area contributed by atoms with E-state index in [1.54, 1.807) is 24.3 Å². The highest BCUT2D eigenvalue weighted by Gasteiger charge is 2.29. The van der Waals surface area contributed by atoms with Gasteiger partial charge < -0.3 is 5.73 Å². The van der Waals surface area contributed by atoms with Crippen molar-refractivity contribution in [2.24, 2.45) is 11.7 Å². The fourth-order valence-electron chi connectivity index (χ4n) is 2.43. The minimum Gasteiger partial charge on any atom is -0.329 e. The Kier molecular flexibility index (Phi) is 5.90. The van der Waals surface area contributed by atoms with Gasteiger partial charge >= 0.3 is 0 Å². The van der Waals surface area contributed by atoms with Crippen molar-refractivity contribution < 1.29 is 8.42 Å². The van der Waals surface area contributed by atoms with Crippen LogP contribution >= 0.6 is 0 Å². The molecule has 0 heterocycles. The zero-order chi connectivity index (χ0) is 16.1. The molecule has 0 saturated carbocycles. The molecule has 0 aliphatic carbocycles. The van der Waals surface area contributed by atoms with Gasteiger partial charge in [0.1, 0.15) is 0 Å². The molecule has 0 aliphatic rings. The molecule has 0 aromatic heterocycles. The molecule has 0 bridgehead atoms. The van der Waals surface area contributed by atoms with Crippen LogP contribution in [0, 0.1) is 17.2 Å². The molecule has 0 radical (unpaired) electrons. The van der Waals surface area contributed by atoms with Gasteiger partial charge in [0.25, 0.3) is 0 Å². The van der Waals surface area contributed by atoms with Crippen LogP contribution in [0.4, 0.5) is 0 Å². The largest absolute Gasteiger partial charge is 0.329 e. The number of nitrogens with zero attached hydrogens (tertiary/aromatic N) is 1. The summed E-state index contributed by atoms with van der Waals surface area (Å²) in [6.07, 6.45) is 0.668. The molecular formula is C15H23N3O2S. The molecule has 21 heavy (non-hydrogen) atoms. The van der Waals surface area contributed by atoms with Crippen molar-refractivity contribution in [3.05, 3.63) is 35.4 Å². The summed E-state index contributed by atoms with van der Waals surface area (Å²) in [4.78, 5) is 0. The first-order valence-corrected chi connectivity index (χ1v) is 8.56. The quantitative estimate of drug-likeness (QED) is 0.802. The molecule has 6 heteroatoms. The Balaban J connectivity index is 2.88. The average molecular weight is 309 g/mol. The van der Waals surface area contributed by atoms with Crippen LogP contribution in [-0.4, -0.2) is 20.5 Å². The lowest BCUT2D eigenvalue weighted by atomic mass is 9.92. The van der Waals surface area contributed by atoms with E-state index in [1.807, 2.05) is 26.8 Å². The van der Waals surface area contributed by atoms with Gasteiger partial charge in [-0.05, 0) is 37.0 Å². The monoisotopic (exact) mass is 309 g/mol. The summed E-state index contributed by atoms with van der Waals surface area (Å²) < 4.78 is 27.3. The number of hydrogen-bond acceptors (Lipinski definition) is 4. The lowest BCUT2D eigenvalue weighted by molar-refractivity contribution is 0.344. The van der Waals surface area contributed by atoms with Crippen molar-refractivity contribution in [2.75, 3.05) is 6.54 Å². The lowest BCUT2D eigenvalue weighted by Crippen LogP contribution is -2.52. The van der Waals surface area contributed by atoms with Crippen LogP contribution in [0.1, 0.15) is 38.3 Å². The SMILES string of the molecule is CC(C)CC(C)(CN)NS(=O)(=O)Cc1cccc(C#N)c1. The summed E-state index contributed by atoms with van der Waals surface area (Å²) in [5, 5.41) is 8.85. The molecule has 0 saturated heterocycles. The summed E-state index contributed by atoms with van der Waals surface area (Å²) in [6, 6.07) is 8.61. The minimum atomic E-state index is -3.51. The van der Waals surface area contributed by atoms with E-state index in [0.29, 0.717) is 23.5 Å². The first kappa shape index (κ1) is 17.6. The molecule has 1 rings (SSSR count). The Morgan fingerprint density at radius 2 is 2.10 bits per heavy atom. The zero-order valence-corrected chi connectivity index (χ0v) is 13.6. The van der Waals surface area contributed by atoms with Crippen molar-refractivity contribution in [3.8, 4) is 6.07 Å². The zero-order valence-electron chi connectivity index (χ0n) is 12.8. The highest BCUT2D eigenvalue weighted by atomic mass is 32.2. The van der Waals surface area contributed by atoms with E-state index in [9.17, 15) is 8.42 Å².